The summed E-state index contributed by atoms with van der Waals surface area (Å²) in [5.41, 5.74) is 5.36. The fourth-order valence-corrected chi connectivity index (χ4v) is 2.53. The highest BCUT2D eigenvalue weighted by Crippen LogP contribution is 2.33. The first-order valence-corrected chi connectivity index (χ1v) is 7.46. The number of rotatable bonds is 4. The predicted octanol–water partition coefficient (Wildman–Crippen LogP) is 1.67. The number of ether oxygens (including phenoxy) is 1. The second-order valence-corrected chi connectivity index (χ2v) is 5.73. The third-order valence-electron chi connectivity index (χ3n) is 2.16. The molecule has 0 spiro atoms. The van der Waals surface area contributed by atoms with E-state index in [1.165, 1.54) is 12.1 Å². The van der Waals surface area contributed by atoms with Crippen LogP contribution < -0.4 is 16.2 Å². The number of phenols is 1. The summed E-state index contributed by atoms with van der Waals surface area (Å²) in [6.45, 7) is 1.04. The van der Waals surface area contributed by atoms with Crippen LogP contribution >= 0.6 is 44.1 Å². The molecular formula is C11H13Br2N3O3S. The molecule has 0 radical (unpaired) electrons. The highest BCUT2D eigenvalue weighted by Gasteiger charge is 2.11. The molecule has 1 amide bonds. The number of amides is 1. The molecule has 0 fully saturated rings. The van der Waals surface area contributed by atoms with E-state index in [0.29, 0.717) is 27.7 Å². The molecule has 110 valence electrons. The monoisotopic (exact) mass is 425 g/mol. The van der Waals surface area contributed by atoms with Gasteiger partial charge in [0.1, 0.15) is 5.75 Å². The Balaban J connectivity index is 2.53. The molecule has 0 atom stereocenters. The van der Waals surface area contributed by atoms with Crippen LogP contribution in [0.5, 0.6) is 5.75 Å². The molecule has 1 aromatic rings. The number of phenolic OH excluding ortho intramolecular Hbond substituents is 1. The molecule has 0 aromatic heterocycles. The largest absolute Gasteiger partial charge is 0.506 e. The molecule has 0 saturated heterocycles. The van der Waals surface area contributed by atoms with E-state index in [4.69, 9.17) is 17.0 Å². The molecule has 9 heteroatoms. The summed E-state index contributed by atoms with van der Waals surface area (Å²) < 4.78 is 5.68. The van der Waals surface area contributed by atoms with Crippen molar-refractivity contribution >= 4 is 55.1 Å². The second kappa shape index (κ2) is 8.40. The standard InChI is InChI=1S/C11H13Br2N3O3S/c1-19-3-2-14-11(20)16-15-10(18)6-4-7(12)9(17)8(13)5-6/h4-5,17H,2-3H2,1H3,(H,15,18)(H2,14,16,20). The summed E-state index contributed by atoms with van der Waals surface area (Å²) in [6.07, 6.45) is 0. The average Bonchev–Trinajstić information content (AvgIpc) is 2.41. The van der Waals surface area contributed by atoms with Gasteiger partial charge in [-0.2, -0.15) is 0 Å². The van der Waals surface area contributed by atoms with Gasteiger partial charge in [-0.15, -0.1) is 0 Å². The number of carbonyl (C=O) groups is 1. The molecule has 1 aromatic carbocycles. The zero-order chi connectivity index (χ0) is 15.1. The summed E-state index contributed by atoms with van der Waals surface area (Å²) in [7, 11) is 1.58. The summed E-state index contributed by atoms with van der Waals surface area (Å²) >= 11 is 11.3. The van der Waals surface area contributed by atoms with Gasteiger partial charge in [-0.25, -0.2) is 0 Å². The van der Waals surface area contributed by atoms with Crippen molar-refractivity contribution in [1.82, 2.24) is 16.2 Å². The molecule has 1 rings (SSSR count). The number of methoxy groups -OCH3 is 1. The predicted molar refractivity (Wildman–Crippen MR) is 86.6 cm³/mol. The average molecular weight is 427 g/mol. The van der Waals surface area contributed by atoms with Gasteiger partial charge in [-0.05, 0) is 56.2 Å². The Morgan fingerprint density at radius 3 is 2.50 bits per heavy atom. The van der Waals surface area contributed by atoms with Gasteiger partial charge in [-0.3, -0.25) is 15.6 Å². The normalized spacial score (nSPS) is 9.95. The van der Waals surface area contributed by atoms with Crippen LogP contribution in [-0.4, -0.2) is 36.4 Å². The van der Waals surface area contributed by atoms with Crippen LogP contribution in [0.4, 0.5) is 0 Å². The van der Waals surface area contributed by atoms with E-state index in [-0.39, 0.29) is 16.8 Å². The van der Waals surface area contributed by atoms with Gasteiger partial charge in [0, 0.05) is 19.2 Å². The maximum absolute atomic E-state index is 11.9. The van der Waals surface area contributed by atoms with Gasteiger partial charge in [0.25, 0.3) is 5.91 Å². The van der Waals surface area contributed by atoms with Crippen LogP contribution in [0.25, 0.3) is 0 Å². The van der Waals surface area contributed by atoms with Gasteiger partial charge >= 0.3 is 0 Å². The maximum Gasteiger partial charge on any atom is 0.269 e. The lowest BCUT2D eigenvalue weighted by molar-refractivity contribution is 0.0943. The van der Waals surface area contributed by atoms with Crippen LogP contribution in [0, 0.1) is 0 Å². The number of aromatic hydroxyl groups is 1. The molecule has 6 nitrogen and oxygen atoms in total. The fraction of sp³-hybridized carbons (Fsp3) is 0.273. The highest BCUT2D eigenvalue weighted by molar-refractivity contribution is 9.11. The van der Waals surface area contributed by atoms with Gasteiger partial charge in [0.2, 0.25) is 0 Å². The van der Waals surface area contributed by atoms with Crippen molar-refractivity contribution in [1.29, 1.82) is 0 Å². The van der Waals surface area contributed by atoms with Gasteiger partial charge < -0.3 is 15.2 Å². The van der Waals surface area contributed by atoms with Crippen molar-refractivity contribution in [2.75, 3.05) is 20.3 Å². The molecule has 0 bridgehead atoms. The summed E-state index contributed by atoms with van der Waals surface area (Å²) in [5.74, 6) is -0.353. The lowest BCUT2D eigenvalue weighted by atomic mass is 10.2. The van der Waals surface area contributed by atoms with Crippen LogP contribution in [0.15, 0.2) is 21.1 Å². The summed E-state index contributed by atoms with van der Waals surface area (Å²) in [5, 5.41) is 12.7. The number of thiocarbonyl (C=S) groups is 1. The molecule has 20 heavy (non-hydrogen) atoms. The zero-order valence-electron chi connectivity index (χ0n) is 10.5. The van der Waals surface area contributed by atoms with E-state index in [0.717, 1.165) is 0 Å². The quantitative estimate of drug-likeness (QED) is 0.333. The minimum atomic E-state index is -0.387. The minimum absolute atomic E-state index is 0.0336. The van der Waals surface area contributed by atoms with Crippen molar-refractivity contribution < 1.29 is 14.6 Å². The fourth-order valence-electron chi connectivity index (χ4n) is 1.19. The summed E-state index contributed by atoms with van der Waals surface area (Å²) in [4.78, 5) is 11.9. The Morgan fingerprint density at radius 2 is 1.95 bits per heavy atom. The Hall–Kier alpha value is -0.900. The van der Waals surface area contributed by atoms with E-state index in [9.17, 15) is 9.90 Å². The van der Waals surface area contributed by atoms with Crippen molar-refractivity contribution in [3.05, 3.63) is 26.6 Å². The van der Waals surface area contributed by atoms with E-state index < -0.39 is 0 Å². The molecule has 4 N–H and O–H groups in total. The number of carbonyl (C=O) groups excluding carboxylic acids is 1. The van der Waals surface area contributed by atoms with Crippen LogP contribution in [0.1, 0.15) is 10.4 Å². The van der Waals surface area contributed by atoms with Crippen molar-refractivity contribution in [3.8, 4) is 5.75 Å². The van der Waals surface area contributed by atoms with Crippen LogP contribution in [0.3, 0.4) is 0 Å². The van der Waals surface area contributed by atoms with Crippen molar-refractivity contribution in [2.24, 2.45) is 0 Å². The maximum atomic E-state index is 11.9. The summed E-state index contributed by atoms with van der Waals surface area (Å²) in [6, 6.07) is 3.00. The first-order chi connectivity index (χ1) is 9.45. The number of hydrogen-bond acceptors (Lipinski definition) is 4. The number of nitrogens with one attached hydrogen (secondary N) is 3. The van der Waals surface area contributed by atoms with Crippen molar-refractivity contribution in [2.45, 2.75) is 0 Å². The Labute approximate surface area is 138 Å². The van der Waals surface area contributed by atoms with Crippen LogP contribution in [0.2, 0.25) is 0 Å². The molecule has 0 aliphatic carbocycles. The van der Waals surface area contributed by atoms with Gasteiger partial charge in [0.05, 0.1) is 15.6 Å². The highest BCUT2D eigenvalue weighted by atomic mass is 79.9. The minimum Gasteiger partial charge on any atom is -0.506 e. The number of benzene rings is 1. The smallest absolute Gasteiger partial charge is 0.269 e. The second-order valence-electron chi connectivity index (χ2n) is 3.62. The third-order valence-corrected chi connectivity index (χ3v) is 3.62. The van der Waals surface area contributed by atoms with E-state index in [1.54, 1.807) is 7.11 Å². The van der Waals surface area contributed by atoms with Gasteiger partial charge in [0.15, 0.2) is 5.11 Å². The molecule has 0 aliphatic rings. The molecule has 0 saturated carbocycles. The van der Waals surface area contributed by atoms with E-state index >= 15 is 0 Å². The topological polar surface area (TPSA) is 82.6 Å². The van der Waals surface area contributed by atoms with E-state index in [2.05, 4.69) is 48.0 Å². The number of hydrogen-bond donors (Lipinski definition) is 4. The third kappa shape index (κ3) is 5.23. The Kier molecular flexibility index (Phi) is 7.20. The number of hydrazine groups is 1. The van der Waals surface area contributed by atoms with E-state index in [1.807, 2.05) is 0 Å². The molecule has 0 aliphatic heterocycles. The zero-order valence-corrected chi connectivity index (χ0v) is 14.5. The Morgan fingerprint density at radius 1 is 1.35 bits per heavy atom. The SMILES string of the molecule is COCCNC(=S)NNC(=O)c1cc(Br)c(O)c(Br)c1. The van der Waals surface area contributed by atoms with Crippen LogP contribution in [-0.2, 0) is 4.74 Å². The lowest BCUT2D eigenvalue weighted by Gasteiger charge is -2.12. The Bertz CT molecular complexity index is 491. The molecular weight excluding hydrogens is 414 g/mol. The molecule has 0 heterocycles. The molecule has 0 unspecified atom stereocenters. The first kappa shape index (κ1) is 17.2. The van der Waals surface area contributed by atoms with Crippen molar-refractivity contribution in [3.63, 3.8) is 0 Å². The lowest BCUT2D eigenvalue weighted by Crippen LogP contribution is -2.47. The first-order valence-electron chi connectivity index (χ1n) is 5.46. The van der Waals surface area contributed by atoms with Gasteiger partial charge in [-0.1, -0.05) is 0 Å². The number of halogens is 2.